The van der Waals surface area contributed by atoms with Crippen LogP contribution in [0.5, 0.6) is 0 Å². The summed E-state index contributed by atoms with van der Waals surface area (Å²) in [6, 6.07) is 2.23. The third kappa shape index (κ3) is 4.34. The Morgan fingerprint density at radius 1 is 1.47 bits per heavy atom. The Balaban J connectivity index is 0.00000144. The van der Waals surface area contributed by atoms with Gasteiger partial charge in [0.15, 0.2) is 5.96 Å². The predicted octanol–water partition coefficient (Wildman–Crippen LogP) is 2.00. The van der Waals surface area contributed by atoms with Gasteiger partial charge in [0.2, 0.25) is 0 Å². The Morgan fingerprint density at radius 2 is 2.18 bits per heavy atom. The Morgan fingerprint density at radius 3 is 2.65 bits per heavy atom. The first-order chi connectivity index (χ1) is 7.74. The zero-order valence-corrected chi connectivity index (χ0v) is 12.4. The third-order valence-electron chi connectivity index (χ3n) is 3.79. The van der Waals surface area contributed by atoms with Crippen LogP contribution in [-0.2, 0) is 0 Å². The minimum absolute atomic E-state index is 0. The highest BCUT2D eigenvalue weighted by Crippen LogP contribution is 2.48. The van der Waals surface area contributed by atoms with Crippen molar-refractivity contribution in [1.82, 2.24) is 5.32 Å². The van der Waals surface area contributed by atoms with E-state index in [0.717, 1.165) is 25.3 Å². The number of nitriles is 1. The van der Waals surface area contributed by atoms with Crippen LogP contribution in [0.15, 0.2) is 4.99 Å². The number of hydrogen-bond acceptors (Lipinski definition) is 2. The van der Waals surface area contributed by atoms with Gasteiger partial charge in [-0.15, -0.1) is 24.0 Å². The first-order valence-corrected chi connectivity index (χ1v) is 6.15. The first-order valence-electron chi connectivity index (χ1n) is 6.15. The van der Waals surface area contributed by atoms with Crippen molar-refractivity contribution in [2.24, 2.45) is 22.1 Å². The summed E-state index contributed by atoms with van der Waals surface area (Å²) < 4.78 is 0. The van der Waals surface area contributed by atoms with Gasteiger partial charge < -0.3 is 11.1 Å². The van der Waals surface area contributed by atoms with Gasteiger partial charge in [-0.05, 0) is 31.6 Å². The summed E-state index contributed by atoms with van der Waals surface area (Å²) in [4.78, 5) is 4.34. The van der Waals surface area contributed by atoms with Gasteiger partial charge in [-0.3, -0.25) is 4.99 Å². The van der Waals surface area contributed by atoms with Crippen LogP contribution in [0.4, 0.5) is 0 Å². The van der Waals surface area contributed by atoms with Gasteiger partial charge in [-0.1, -0.05) is 6.42 Å². The van der Waals surface area contributed by atoms with Crippen molar-refractivity contribution >= 4 is 29.9 Å². The van der Waals surface area contributed by atoms with E-state index >= 15 is 0 Å². The lowest BCUT2D eigenvalue weighted by atomic mass is 9.85. The predicted molar refractivity (Wildman–Crippen MR) is 79.1 cm³/mol. The summed E-state index contributed by atoms with van der Waals surface area (Å²) in [5.41, 5.74) is 5.95. The van der Waals surface area contributed by atoms with Crippen LogP contribution in [0.3, 0.4) is 0 Å². The van der Waals surface area contributed by atoms with E-state index in [1.165, 1.54) is 19.3 Å². The van der Waals surface area contributed by atoms with E-state index in [0.29, 0.717) is 18.9 Å². The molecule has 0 bridgehead atoms. The van der Waals surface area contributed by atoms with E-state index in [-0.39, 0.29) is 29.4 Å². The number of rotatable bonds is 5. The fraction of sp³-hybridized carbons (Fsp3) is 0.833. The minimum Gasteiger partial charge on any atom is -0.370 e. The largest absolute Gasteiger partial charge is 0.370 e. The number of nitrogens with one attached hydrogen (secondary N) is 1. The van der Waals surface area contributed by atoms with Gasteiger partial charge in [-0.25, -0.2) is 0 Å². The minimum atomic E-state index is 0. The number of hydrogen-bond donors (Lipinski definition) is 2. The van der Waals surface area contributed by atoms with Crippen molar-refractivity contribution in [3.05, 3.63) is 0 Å². The van der Waals surface area contributed by atoms with Crippen molar-refractivity contribution < 1.29 is 0 Å². The topological polar surface area (TPSA) is 74.2 Å². The molecular formula is C12H21IN4. The second-order valence-corrected chi connectivity index (χ2v) is 5.21. The molecule has 0 aromatic heterocycles. The van der Waals surface area contributed by atoms with Crippen LogP contribution >= 0.6 is 24.0 Å². The average Bonchev–Trinajstić information content (AvgIpc) is 2.94. The Hall–Kier alpha value is -0.510. The molecule has 5 heteroatoms. The maximum Gasteiger partial charge on any atom is 0.188 e. The smallest absolute Gasteiger partial charge is 0.188 e. The number of halogens is 1. The Bertz CT molecular complexity index is 313. The second-order valence-electron chi connectivity index (χ2n) is 5.21. The Labute approximate surface area is 120 Å². The first kappa shape index (κ1) is 14.6. The summed E-state index contributed by atoms with van der Waals surface area (Å²) in [6.45, 7) is 1.67. The lowest BCUT2D eigenvalue weighted by Crippen LogP contribution is -2.37. The SMILES string of the molecule is I.N#CCC1(CN=C(N)NCC2CCC2)CC1. The van der Waals surface area contributed by atoms with E-state index < -0.39 is 0 Å². The second kappa shape index (κ2) is 6.43. The molecule has 2 aliphatic rings. The molecule has 0 heterocycles. The van der Waals surface area contributed by atoms with Crippen LogP contribution in [0.25, 0.3) is 0 Å². The summed E-state index contributed by atoms with van der Waals surface area (Å²) in [5.74, 6) is 1.35. The molecule has 2 fully saturated rings. The van der Waals surface area contributed by atoms with E-state index in [1.54, 1.807) is 0 Å². The van der Waals surface area contributed by atoms with E-state index in [9.17, 15) is 0 Å². The van der Waals surface area contributed by atoms with Gasteiger partial charge >= 0.3 is 0 Å². The van der Waals surface area contributed by atoms with Crippen LogP contribution in [0.1, 0.15) is 38.5 Å². The molecular weight excluding hydrogens is 327 g/mol. The summed E-state index contributed by atoms with van der Waals surface area (Å²) in [5, 5.41) is 11.8. The maximum absolute atomic E-state index is 8.68. The third-order valence-corrected chi connectivity index (χ3v) is 3.79. The van der Waals surface area contributed by atoms with E-state index in [1.807, 2.05) is 0 Å². The van der Waals surface area contributed by atoms with Crippen molar-refractivity contribution in [3.8, 4) is 6.07 Å². The zero-order valence-electron chi connectivity index (χ0n) is 10.1. The van der Waals surface area contributed by atoms with Crippen molar-refractivity contribution in [2.75, 3.05) is 13.1 Å². The van der Waals surface area contributed by atoms with Crippen LogP contribution in [-0.4, -0.2) is 19.0 Å². The summed E-state index contributed by atoms with van der Waals surface area (Å²) in [7, 11) is 0. The van der Waals surface area contributed by atoms with Gasteiger partial charge in [0, 0.05) is 24.9 Å². The summed E-state index contributed by atoms with van der Waals surface area (Å²) in [6.07, 6.45) is 6.86. The maximum atomic E-state index is 8.68. The zero-order chi connectivity index (χ0) is 11.4. The molecule has 2 saturated carbocycles. The molecule has 0 saturated heterocycles. The van der Waals surface area contributed by atoms with Crippen LogP contribution in [0.2, 0.25) is 0 Å². The van der Waals surface area contributed by atoms with Gasteiger partial charge in [0.1, 0.15) is 0 Å². The van der Waals surface area contributed by atoms with Crippen LogP contribution < -0.4 is 11.1 Å². The molecule has 0 aliphatic heterocycles. The molecule has 2 aliphatic carbocycles. The van der Waals surface area contributed by atoms with E-state index in [2.05, 4.69) is 16.4 Å². The number of guanidine groups is 1. The lowest BCUT2D eigenvalue weighted by Gasteiger charge is -2.25. The molecule has 17 heavy (non-hydrogen) atoms. The molecule has 96 valence electrons. The van der Waals surface area contributed by atoms with E-state index in [4.69, 9.17) is 11.0 Å². The van der Waals surface area contributed by atoms with Crippen molar-refractivity contribution in [1.29, 1.82) is 5.26 Å². The lowest BCUT2D eigenvalue weighted by molar-refractivity contribution is 0.315. The number of nitrogens with two attached hydrogens (primary N) is 1. The molecule has 0 amide bonds. The van der Waals surface area contributed by atoms with Gasteiger partial charge in [-0.2, -0.15) is 5.26 Å². The van der Waals surface area contributed by atoms with Crippen molar-refractivity contribution in [2.45, 2.75) is 38.5 Å². The molecule has 4 nitrogen and oxygen atoms in total. The Kier molecular flexibility index (Phi) is 5.50. The summed E-state index contributed by atoms with van der Waals surface area (Å²) >= 11 is 0. The molecule has 0 aromatic carbocycles. The molecule has 0 unspecified atom stereocenters. The fourth-order valence-electron chi connectivity index (χ4n) is 1.99. The highest BCUT2D eigenvalue weighted by molar-refractivity contribution is 14.0. The normalized spacial score (nSPS) is 21.9. The standard InChI is InChI=1S/C12H20N4.HI/c13-7-6-12(4-5-12)9-16-11(14)15-8-10-2-1-3-10;/h10H,1-6,8-9H2,(H3,14,15,16);1H. The van der Waals surface area contributed by atoms with Crippen molar-refractivity contribution in [3.63, 3.8) is 0 Å². The molecule has 2 rings (SSSR count). The monoisotopic (exact) mass is 348 g/mol. The fourth-order valence-corrected chi connectivity index (χ4v) is 1.99. The van der Waals surface area contributed by atoms with Gasteiger partial charge in [0.05, 0.1) is 6.07 Å². The molecule has 0 atom stereocenters. The number of nitrogens with zero attached hydrogens (tertiary/aromatic N) is 2. The molecule has 0 radical (unpaired) electrons. The molecule has 0 aromatic rings. The average molecular weight is 348 g/mol. The highest BCUT2D eigenvalue weighted by Gasteiger charge is 2.42. The van der Waals surface area contributed by atoms with Gasteiger partial charge in [0.25, 0.3) is 0 Å². The highest BCUT2D eigenvalue weighted by atomic mass is 127. The number of aliphatic imine (C=N–C) groups is 1. The quantitative estimate of drug-likeness (QED) is 0.453. The molecule has 0 spiro atoms. The van der Waals surface area contributed by atoms with Crippen LogP contribution in [0, 0.1) is 22.7 Å². The molecule has 3 N–H and O–H groups in total.